The van der Waals surface area contributed by atoms with Gasteiger partial charge in [0.25, 0.3) is 5.91 Å². The molecule has 0 aliphatic carbocycles. The lowest BCUT2D eigenvalue weighted by Crippen LogP contribution is -2.36. The summed E-state index contributed by atoms with van der Waals surface area (Å²) in [6.45, 7) is 7.53. The third kappa shape index (κ3) is 5.73. The Labute approximate surface area is 196 Å². The number of methoxy groups -OCH3 is 1. The molecule has 0 aliphatic heterocycles. The Hall–Kier alpha value is -3.32. The second-order valence-electron chi connectivity index (χ2n) is 8.25. The number of hydrogen-bond acceptors (Lipinski definition) is 4. The molecule has 0 heterocycles. The predicted molar refractivity (Wildman–Crippen MR) is 134 cm³/mol. The maximum Gasteiger partial charge on any atom is 0.255 e. The Morgan fingerprint density at radius 3 is 2.27 bits per heavy atom. The van der Waals surface area contributed by atoms with Crippen molar-refractivity contribution in [1.82, 2.24) is 0 Å². The molecular weight excluding hydrogens is 436 g/mol. The summed E-state index contributed by atoms with van der Waals surface area (Å²) in [6, 6.07) is 19.8. The van der Waals surface area contributed by atoms with E-state index in [9.17, 15) is 13.2 Å². The van der Waals surface area contributed by atoms with E-state index in [0.29, 0.717) is 22.7 Å². The standard InChI is InChI=1S/C26H30N2O4S/c1-18(2)33(30,31)28(24-14-9-19(3)20(4)15-24)17-21-10-12-23(13-11-21)27-26(29)22-7-6-8-25(16-22)32-5/h6-16,18H,17H2,1-5H3,(H,27,29). The van der Waals surface area contributed by atoms with Crippen molar-refractivity contribution >= 4 is 27.3 Å². The van der Waals surface area contributed by atoms with Gasteiger partial charge in [-0.25, -0.2) is 8.42 Å². The highest BCUT2D eigenvalue weighted by Crippen LogP contribution is 2.26. The molecular formula is C26H30N2O4S. The van der Waals surface area contributed by atoms with E-state index in [2.05, 4.69) is 5.32 Å². The number of rotatable bonds is 8. The van der Waals surface area contributed by atoms with Gasteiger partial charge in [0.15, 0.2) is 0 Å². The van der Waals surface area contributed by atoms with Gasteiger partial charge in [-0.15, -0.1) is 0 Å². The van der Waals surface area contributed by atoms with Crippen molar-refractivity contribution in [2.45, 2.75) is 39.5 Å². The summed E-state index contributed by atoms with van der Waals surface area (Å²) in [5.74, 6) is 0.358. The van der Waals surface area contributed by atoms with E-state index < -0.39 is 15.3 Å². The van der Waals surface area contributed by atoms with Gasteiger partial charge in [-0.3, -0.25) is 9.10 Å². The fraction of sp³-hybridized carbons (Fsp3) is 0.269. The minimum atomic E-state index is -3.54. The average molecular weight is 467 g/mol. The SMILES string of the molecule is COc1cccc(C(=O)Nc2ccc(CN(c3ccc(C)c(C)c3)S(=O)(=O)C(C)C)cc2)c1. The Kier molecular flexibility index (Phi) is 7.43. The second-order valence-corrected chi connectivity index (χ2v) is 10.7. The van der Waals surface area contributed by atoms with E-state index in [1.165, 1.54) is 4.31 Å². The molecule has 0 atom stereocenters. The highest BCUT2D eigenvalue weighted by molar-refractivity contribution is 7.93. The Morgan fingerprint density at radius 2 is 1.67 bits per heavy atom. The number of hydrogen-bond donors (Lipinski definition) is 1. The first-order valence-corrected chi connectivity index (χ1v) is 12.3. The number of sulfonamides is 1. The number of nitrogens with zero attached hydrogens (tertiary/aromatic N) is 1. The van der Waals surface area contributed by atoms with Crippen molar-refractivity contribution in [1.29, 1.82) is 0 Å². The molecule has 33 heavy (non-hydrogen) atoms. The summed E-state index contributed by atoms with van der Waals surface area (Å²) in [5, 5.41) is 2.30. The van der Waals surface area contributed by atoms with Gasteiger partial charge in [0, 0.05) is 11.3 Å². The van der Waals surface area contributed by atoms with Gasteiger partial charge in [0.05, 0.1) is 24.6 Å². The molecule has 3 aromatic carbocycles. The lowest BCUT2D eigenvalue weighted by Gasteiger charge is -2.27. The van der Waals surface area contributed by atoms with Crippen LogP contribution in [0.2, 0.25) is 0 Å². The van der Waals surface area contributed by atoms with Crippen LogP contribution in [0.1, 0.15) is 40.9 Å². The van der Waals surface area contributed by atoms with Crippen LogP contribution in [0, 0.1) is 13.8 Å². The molecule has 0 radical (unpaired) electrons. The van der Waals surface area contributed by atoms with Crippen LogP contribution in [0.4, 0.5) is 11.4 Å². The first kappa shape index (κ1) is 24.3. The smallest absolute Gasteiger partial charge is 0.255 e. The minimum Gasteiger partial charge on any atom is -0.497 e. The second kappa shape index (κ2) is 10.1. The predicted octanol–water partition coefficient (Wildman–Crippen LogP) is 5.31. The lowest BCUT2D eigenvalue weighted by atomic mass is 10.1. The quantitative estimate of drug-likeness (QED) is 0.488. The van der Waals surface area contributed by atoms with Gasteiger partial charge in [-0.1, -0.05) is 24.3 Å². The molecule has 174 valence electrons. The summed E-state index contributed by atoms with van der Waals surface area (Å²) in [7, 11) is -1.99. The summed E-state index contributed by atoms with van der Waals surface area (Å²) in [4.78, 5) is 12.5. The Morgan fingerprint density at radius 1 is 0.970 bits per heavy atom. The van der Waals surface area contributed by atoms with E-state index in [1.54, 1.807) is 57.4 Å². The summed E-state index contributed by atoms with van der Waals surface area (Å²) in [5.41, 5.74) is 4.71. The van der Waals surface area contributed by atoms with Gasteiger partial charge < -0.3 is 10.1 Å². The monoisotopic (exact) mass is 466 g/mol. The van der Waals surface area contributed by atoms with E-state index in [0.717, 1.165) is 16.7 Å². The fourth-order valence-electron chi connectivity index (χ4n) is 3.29. The number of carbonyl (C=O) groups excluding carboxylic acids is 1. The molecule has 1 N–H and O–H groups in total. The molecule has 0 saturated carbocycles. The molecule has 3 aromatic rings. The van der Waals surface area contributed by atoms with E-state index in [4.69, 9.17) is 4.74 Å². The maximum atomic E-state index is 13.1. The van der Waals surface area contributed by atoms with Gasteiger partial charge in [-0.05, 0) is 86.8 Å². The molecule has 0 aromatic heterocycles. The number of aryl methyl sites for hydroxylation is 2. The number of nitrogens with one attached hydrogen (secondary N) is 1. The number of ether oxygens (including phenoxy) is 1. The third-order valence-corrected chi connectivity index (χ3v) is 7.70. The summed E-state index contributed by atoms with van der Waals surface area (Å²) >= 11 is 0. The summed E-state index contributed by atoms with van der Waals surface area (Å²) < 4.78 is 32.8. The molecule has 1 amide bonds. The van der Waals surface area contributed by atoms with Crippen LogP contribution in [0.3, 0.4) is 0 Å². The van der Waals surface area contributed by atoms with Crippen molar-refractivity contribution < 1.29 is 17.9 Å². The van der Waals surface area contributed by atoms with Crippen molar-refractivity contribution in [3.05, 3.63) is 89.0 Å². The highest BCUT2D eigenvalue weighted by atomic mass is 32.2. The van der Waals surface area contributed by atoms with Crippen LogP contribution in [0.5, 0.6) is 5.75 Å². The topological polar surface area (TPSA) is 75.7 Å². The first-order chi connectivity index (χ1) is 15.6. The Bertz CT molecular complexity index is 1240. The highest BCUT2D eigenvalue weighted by Gasteiger charge is 2.26. The number of amides is 1. The van der Waals surface area contributed by atoms with Crippen molar-refractivity contribution in [2.75, 3.05) is 16.7 Å². The molecule has 0 aliphatic rings. The van der Waals surface area contributed by atoms with Gasteiger partial charge in [-0.2, -0.15) is 0 Å². The zero-order valence-electron chi connectivity index (χ0n) is 19.6. The average Bonchev–Trinajstić information content (AvgIpc) is 2.80. The molecule has 0 saturated heterocycles. The number of carbonyl (C=O) groups is 1. The zero-order valence-corrected chi connectivity index (χ0v) is 20.4. The van der Waals surface area contributed by atoms with Crippen LogP contribution in [-0.2, 0) is 16.6 Å². The molecule has 0 fully saturated rings. The van der Waals surface area contributed by atoms with Crippen molar-refractivity contribution in [3.63, 3.8) is 0 Å². The Balaban J connectivity index is 1.81. The van der Waals surface area contributed by atoms with E-state index in [-0.39, 0.29) is 12.5 Å². The summed E-state index contributed by atoms with van der Waals surface area (Å²) in [6.07, 6.45) is 0. The van der Waals surface area contributed by atoms with Crippen LogP contribution in [0.15, 0.2) is 66.7 Å². The molecule has 0 unspecified atom stereocenters. The normalized spacial score (nSPS) is 11.3. The molecule has 0 bridgehead atoms. The fourth-order valence-corrected chi connectivity index (χ4v) is 4.54. The lowest BCUT2D eigenvalue weighted by molar-refractivity contribution is 0.102. The molecule has 0 spiro atoms. The molecule has 6 nitrogen and oxygen atoms in total. The minimum absolute atomic E-state index is 0.202. The molecule has 3 rings (SSSR count). The van der Waals surface area contributed by atoms with Crippen LogP contribution in [0.25, 0.3) is 0 Å². The van der Waals surface area contributed by atoms with Gasteiger partial charge in [0.1, 0.15) is 5.75 Å². The van der Waals surface area contributed by atoms with Crippen molar-refractivity contribution in [3.8, 4) is 5.75 Å². The molecule has 7 heteroatoms. The van der Waals surface area contributed by atoms with E-state index in [1.807, 2.05) is 44.2 Å². The third-order valence-electron chi connectivity index (χ3n) is 5.55. The first-order valence-electron chi connectivity index (χ1n) is 10.7. The van der Waals surface area contributed by atoms with Crippen molar-refractivity contribution in [2.24, 2.45) is 0 Å². The van der Waals surface area contributed by atoms with Crippen LogP contribution >= 0.6 is 0 Å². The number of anilines is 2. The number of benzene rings is 3. The van der Waals surface area contributed by atoms with Gasteiger partial charge in [0.2, 0.25) is 10.0 Å². The zero-order chi connectivity index (χ0) is 24.2. The largest absolute Gasteiger partial charge is 0.497 e. The van der Waals surface area contributed by atoms with Crippen LogP contribution < -0.4 is 14.4 Å². The maximum absolute atomic E-state index is 13.1. The van der Waals surface area contributed by atoms with Crippen LogP contribution in [-0.4, -0.2) is 26.7 Å². The van der Waals surface area contributed by atoms with Gasteiger partial charge >= 0.3 is 0 Å². The van der Waals surface area contributed by atoms with E-state index >= 15 is 0 Å².